The van der Waals surface area contributed by atoms with E-state index in [2.05, 4.69) is 15.9 Å². The van der Waals surface area contributed by atoms with E-state index in [1.807, 2.05) is 6.92 Å². The van der Waals surface area contributed by atoms with Crippen LogP contribution in [-0.2, 0) is 10.1 Å². The Morgan fingerprint density at radius 1 is 1.10 bits per heavy atom. The Kier molecular flexibility index (Phi) is 4.42. The fourth-order valence-corrected chi connectivity index (χ4v) is 3.65. The number of aryl methyl sites for hydroxylation is 2. The Morgan fingerprint density at radius 2 is 1.75 bits per heavy atom. The van der Waals surface area contributed by atoms with Crippen molar-refractivity contribution in [2.45, 2.75) is 18.7 Å². The van der Waals surface area contributed by atoms with Crippen molar-refractivity contribution >= 4 is 37.6 Å². The van der Waals surface area contributed by atoms with Crippen molar-refractivity contribution in [3.05, 3.63) is 57.0 Å². The first-order chi connectivity index (χ1) is 9.31. The normalized spacial score (nSPS) is 11.4. The van der Waals surface area contributed by atoms with Crippen LogP contribution in [0.2, 0.25) is 5.02 Å². The number of hydrogen-bond acceptors (Lipinski definition) is 3. The summed E-state index contributed by atoms with van der Waals surface area (Å²) in [5.74, 6) is 0.116. The molecular weight excluding hydrogens is 364 g/mol. The lowest BCUT2D eigenvalue weighted by atomic mass is 10.2. The fourth-order valence-electron chi connectivity index (χ4n) is 1.75. The minimum absolute atomic E-state index is 0.116. The molecule has 0 radical (unpaired) electrons. The molecule has 6 heteroatoms. The average Bonchev–Trinajstić information content (AvgIpc) is 2.36. The predicted octanol–water partition coefficient (Wildman–Crippen LogP) is 4.49. The summed E-state index contributed by atoms with van der Waals surface area (Å²) in [4.78, 5) is 0.120. The quantitative estimate of drug-likeness (QED) is 0.743. The molecule has 0 aliphatic heterocycles. The molecule has 0 aliphatic carbocycles. The topological polar surface area (TPSA) is 43.4 Å². The number of hydrogen-bond donors (Lipinski definition) is 0. The molecule has 0 saturated heterocycles. The minimum atomic E-state index is -3.92. The van der Waals surface area contributed by atoms with Crippen molar-refractivity contribution in [1.82, 2.24) is 0 Å². The summed E-state index contributed by atoms with van der Waals surface area (Å²) < 4.78 is 30.5. The van der Waals surface area contributed by atoms with E-state index in [1.165, 1.54) is 12.1 Å². The summed E-state index contributed by atoms with van der Waals surface area (Å²) in [6, 6.07) is 9.77. The zero-order valence-corrected chi connectivity index (χ0v) is 14.0. The molecule has 20 heavy (non-hydrogen) atoms. The zero-order chi connectivity index (χ0) is 14.9. The molecular formula is C14H12BrClO3S. The third-order valence-electron chi connectivity index (χ3n) is 2.76. The third kappa shape index (κ3) is 3.16. The summed E-state index contributed by atoms with van der Waals surface area (Å²) in [6.45, 7) is 3.62. The Balaban J connectivity index is 2.47. The summed E-state index contributed by atoms with van der Waals surface area (Å²) in [7, 11) is -3.92. The molecule has 0 aliphatic rings. The Bertz CT molecular complexity index is 757. The van der Waals surface area contributed by atoms with Gasteiger partial charge in [0.2, 0.25) is 0 Å². The number of benzene rings is 2. The molecule has 0 spiro atoms. The van der Waals surface area contributed by atoms with Crippen LogP contribution in [0, 0.1) is 13.8 Å². The van der Waals surface area contributed by atoms with Crippen LogP contribution in [0.15, 0.2) is 45.8 Å². The van der Waals surface area contributed by atoms with Crippen LogP contribution in [0.5, 0.6) is 5.75 Å². The van der Waals surface area contributed by atoms with E-state index in [9.17, 15) is 8.42 Å². The monoisotopic (exact) mass is 374 g/mol. The van der Waals surface area contributed by atoms with Gasteiger partial charge in [0.15, 0.2) is 5.75 Å². The molecule has 2 rings (SSSR count). The maximum Gasteiger partial charge on any atom is 0.339 e. The van der Waals surface area contributed by atoms with Gasteiger partial charge in [-0.05, 0) is 43.2 Å². The summed E-state index contributed by atoms with van der Waals surface area (Å²) in [6.07, 6.45) is 0. The Hall–Kier alpha value is -1.04. The Morgan fingerprint density at radius 3 is 2.40 bits per heavy atom. The molecule has 0 aromatic heterocycles. The first kappa shape index (κ1) is 15.4. The number of rotatable bonds is 3. The molecule has 0 heterocycles. The molecule has 0 bridgehead atoms. The highest BCUT2D eigenvalue weighted by Gasteiger charge is 2.21. The second kappa shape index (κ2) is 5.76. The highest BCUT2D eigenvalue weighted by atomic mass is 79.9. The summed E-state index contributed by atoms with van der Waals surface area (Å²) >= 11 is 9.24. The van der Waals surface area contributed by atoms with Gasteiger partial charge in [-0.3, -0.25) is 0 Å². The van der Waals surface area contributed by atoms with Gasteiger partial charge in [-0.2, -0.15) is 8.42 Å². The van der Waals surface area contributed by atoms with Crippen molar-refractivity contribution < 1.29 is 12.6 Å². The van der Waals surface area contributed by atoms with Crippen LogP contribution >= 0.6 is 27.5 Å². The van der Waals surface area contributed by atoms with E-state index in [1.54, 1.807) is 31.2 Å². The molecule has 3 nitrogen and oxygen atoms in total. The maximum atomic E-state index is 12.3. The molecule has 2 aromatic rings. The first-order valence-electron chi connectivity index (χ1n) is 5.77. The van der Waals surface area contributed by atoms with Gasteiger partial charge in [-0.15, -0.1) is 0 Å². The average molecular weight is 376 g/mol. The summed E-state index contributed by atoms with van der Waals surface area (Å²) in [5, 5.41) is 0.250. The van der Waals surface area contributed by atoms with Crippen molar-refractivity contribution in [1.29, 1.82) is 0 Å². The van der Waals surface area contributed by atoms with Crippen LogP contribution in [0.4, 0.5) is 0 Å². The van der Waals surface area contributed by atoms with E-state index in [4.69, 9.17) is 15.8 Å². The van der Waals surface area contributed by atoms with E-state index >= 15 is 0 Å². The summed E-state index contributed by atoms with van der Waals surface area (Å²) in [5.41, 5.74) is 1.58. The molecule has 0 amide bonds. The Labute approximate surface area is 131 Å². The smallest absolute Gasteiger partial charge is 0.339 e. The lowest BCUT2D eigenvalue weighted by Gasteiger charge is -2.11. The largest absolute Gasteiger partial charge is 0.377 e. The van der Waals surface area contributed by atoms with Gasteiger partial charge >= 0.3 is 10.1 Å². The van der Waals surface area contributed by atoms with Crippen LogP contribution in [0.1, 0.15) is 11.1 Å². The van der Waals surface area contributed by atoms with E-state index in [0.29, 0.717) is 10.0 Å². The van der Waals surface area contributed by atoms with Crippen LogP contribution < -0.4 is 4.18 Å². The molecule has 0 N–H and O–H groups in total. The van der Waals surface area contributed by atoms with Crippen molar-refractivity contribution in [3.63, 3.8) is 0 Å². The van der Waals surface area contributed by atoms with Gasteiger partial charge in [0.25, 0.3) is 0 Å². The minimum Gasteiger partial charge on any atom is -0.377 e. The lowest BCUT2D eigenvalue weighted by molar-refractivity contribution is 0.485. The predicted molar refractivity (Wildman–Crippen MR) is 82.9 cm³/mol. The number of para-hydroxylation sites is 1. The highest BCUT2D eigenvalue weighted by molar-refractivity contribution is 9.10. The second-order valence-electron chi connectivity index (χ2n) is 4.33. The molecule has 106 valence electrons. The standard InChI is InChI=1S/C14H12BrClO3S/c1-9-7-10(2)14(8-11(9)15)20(17,18)19-13-6-4-3-5-12(13)16/h3-8H,1-2H3. The van der Waals surface area contributed by atoms with E-state index < -0.39 is 10.1 Å². The zero-order valence-electron chi connectivity index (χ0n) is 10.9. The molecule has 0 saturated carbocycles. The molecule has 0 atom stereocenters. The maximum absolute atomic E-state index is 12.3. The van der Waals surface area contributed by atoms with Crippen LogP contribution in [0.25, 0.3) is 0 Å². The van der Waals surface area contributed by atoms with Crippen molar-refractivity contribution in [3.8, 4) is 5.75 Å². The van der Waals surface area contributed by atoms with Gasteiger partial charge in [0, 0.05) is 4.47 Å². The van der Waals surface area contributed by atoms with Crippen LogP contribution in [0.3, 0.4) is 0 Å². The molecule has 0 unspecified atom stereocenters. The highest BCUT2D eigenvalue weighted by Crippen LogP contribution is 2.30. The molecule has 0 fully saturated rings. The van der Waals surface area contributed by atoms with Gasteiger partial charge in [-0.1, -0.05) is 45.7 Å². The first-order valence-corrected chi connectivity index (χ1v) is 8.35. The van der Waals surface area contributed by atoms with Gasteiger partial charge < -0.3 is 4.18 Å². The van der Waals surface area contributed by atoms with Crippen molar-refractivity contribution in [2.24, 2.45) is 0 Å². The van der Waals surface area contributed by atoms with Crippen molar-refractivity contribution in [2.75, 3.05) is 0 Å². The lowest BCUT2D eigenvalue weighted by Crippen LogP contribution is -2.12. The van der Waals surface area contributed by atoms with E-state index in [0.717, 1.165) is 5.56 Å². The SMILES string of the molecule is Cc1cc(C)c(S(=O)(=O)Oc2ccccc2Cl)cc1Br. The third-order valence-corrected chi connectivity index (χ3v) is 5.31. The van der Waals surface area contributed by atoms with Crippen LogP contribution in [-0.4, -0.2) is 8.42 Å². The number of halogens is 2. The van der Waals surface area contributed by atoms with Gasteiger partial charge in [0.1, 0.15) is 4.90 Å². The van der Waals surface area contributed by atoms with E-state index in [-0.39, 0.29) is 15.7 Å². The molecule has 2 aromatic carbocycles. The van der Waals surface area contributed by atoms with Gasteiger partial charge in [-0.25, -0.2) is 0 Å². The fraction of sp³-hybridized carbons (Fsp3) is 0.143. The second-order valence-corrected chi connectivity index (χ2v) is 7.11. The van der Waals surface area contributed by atoms with Gasteiger partial charge in [0.05, 0.1) is 5.02 Å².